The summed E-state index contributed by atoms with van der Waals surface area (Å²) in [6.45, 7) is 5.10. The standard InChI is InChI=1S/C7H11O/c1-6(2)7-3-4-8-5-7/h5H,3-4H2,1-2H3/q+1. The van der Waals surface area contributed by atoms with Crippen LogP contribution in [0.2, 0.25) is 0 Å². The van der Waals surface area contributed by atoms with Crippen LogP contribution in [0.5, 0.6) is 0 Å². The van der Waals surface area contributed by atoms with Crippen molar-refractivity contribution in [2.24, 2.45) is 0 Å². The first-order valence-corrected chi connectivity index (χ1v) is 2.92. The molecule has 0 radical (unpaired) electrons. The van der Waals surface area contributed by atoms with Gasteiger partial charge in [0.15, 0.2) is 0 Å². The van der Waals surface area contributed by atoms with Crippen molar-refractivity contribution in [3.8, 4) is 0 Å². The van der Waals surface area contributed by atoms with Crippen molar-refractivity contribution in [1.29, 1.82) is 0 Å². The highest BCUT2D eigenvalue weighted by Crippen LogP contribution is 2.07. The Morgan fingerprint density at radius 3 is 2.62 bits per heavy atom. The van der Waals surface area contributed by atoms with Crippen LogP contribution in [0.3, 0.4) is 0 Å². The Morgan fingerprint density at radius 2 is 2.38 bits per heavy atom. The molecular weight excluding hydrogens is 100 g/mol. The molecule has 0 bridgehead atoms. The molecule has 8 heavy (non-hydrogen) atoms. The predicted molar refractivity (Wildman–Crippen MR) is 33.9 cm³/mol. The molecule has 0 aromatic heterocycles. The summed E-state index contributed by atoms with van der Waals surface area (Å²) in [5.74, 6) is 0. The van der Waals surface area contributed by atoms with Crippen LogP contribution >= 0.6 is 0 Å². The third kappa shape index (κ3) is 0.971. The molecule has 0 saturated heterocycles. The van der Waals surface area contributed by atoms with Gasteiger partial charge < -0.3 is 0 Å². The van der Waals surface area contributed by atoms with Gasteiger partial charge in [-0.25, -0.2) is 0 Å². The fourth-order valence-corrected chi connectivity index (χ4v) is 0.755. The highest BCUT2D eigenvalue weighted by Gasteiger charge is 2.11. The Balaban J connectivity index is 2.73. The first kappa shape index (κ1) is 5.54. The number of aldehydes is 1. The maximum absolute atomic E-state index is 5.04. The Hall–Kier alpha value is -0.590. The number of hydrogen-bond donors (Lipinski definition) is 0. The monoisotopic (exact) mass is 111 g/mol. The van der Waals surface area contributed by atoms with Crippen molar-refractivity contribution in [2.75, 3.05) is 6.61 Å². The molecule has 0 unspecified atom stereocenters. The zero-order valence-corrected chi connectivity index (χ0v) is 5.40. The summed E-state index contributed by atoms with van der Waals surface area (Å²) in [6, 6.07) is 0. The molecule has 1 aliphatic heterocycles. The summed E-state index contributed by atoms with van der Waals surface area (Å²) in [7, 11) is 0. The van der Waals surface area contributed by atoms with E-state index in [1.807, 2.05) is 6.29 Å². The summed E-state index contributed by atoms with van der Waals surface area (Å²) < 4.78 is 5.04. The van der Waals surface area contributed by atoms with Crippen LogP contribution in [0.15, 0.2) is 11.1 Å². The lowest BCUT2D eigenvalue weighted by molar-refractivity contribution is -0.442. The number of rotatable bonds is 0. The van der Waals surface area contributed by atoms with Gasteiger partial charge >= 0.3 is 6.29 Å². The molecule has 0 N–H and O–H groups in total. The molecule has 44 valence electrons. The van der Waals surface area contributed by atoms with Crippen LogP contribution in [0.4, 0.5) is 0 Å². The second-order valence-corrected chi connectivity index (χ2v) is 2.26. The van der Waals surface area contributed by atoms with Gasteiger partial charge in [-0.2, -0.15) is 0 Å². The van der Waals surface area contributed by atoms with Crippen molar-refractivity contribution in [1.82, 2.24) is 0 Å². The van der Waals surface area contributed by atoms with Crippen LogP contribution < -0.4 is 0 Å². The molecule has 1 heteroatoms. The highest BCUT2D eigenvalue weighted by atomic mass is 16.4. The number of allylic oxidation sites excluding steroid dienone is 1. The van der Waals surface area contributed by atoms with Gasteiger partial charge in [-0.05, 0) is 13.8 Å². The van der Waals surface area contributed by atoms with Crippen LogP contribution in [-0.2, 0) is 4.42 Å². The summed E-state index contributed by atoms with van der Waals surface area (Å²) in [6.07, 6.45) is 2.96. The Bertz CT molecular complexity index is 138. The molecule has 0 aromatic rings. The molecule has 0 atom stereocenters. The van der Waals surface area contributed by atoms with Crippen molar-refractivity contribution in [2.45, 2.75) is 20.3 Å². The SMILES string of the molecule is CC(C)=C1C=[O+]CC1. The van der Waals surface area contributed by atoms with Gasteiger partial charge in [-0.3, -0.25) is 4.42 Å². The van der Waals surface area contributed by atoms with Crippen LogP contribution in [0.1, 0.15) is 20.3 Å². The van der Waals surface area contributed by atoms with Crippen LogP contribution in [0.25, 0.3) is 0 Å². The largest absolute Gasteiger partial charge is 0.311 e. The molecule has 0 aromatic carbocycles. The summed E-state index contributed by atoms with van der Waals surface area (Å²) in [4.78, 5) is 0. The molecule has 0 aliphatic carbocycles. The molecule has 1 rings (SSSR count). The lowest BCUT2D eigenvalue weighted by atomic mass is 10.1. The Morgan fingerprint density at radius 1 is 1.62 bits per heavy atom. The fraction of sp³-hybridized carbons (Fsp3) is 0.571. The average Bonchev–Trinajstić information content (AvgIpc) is 2.12. The highest BCUT2D eigenvalue weighted by molar-refractivity contribution is 5.75. The minimum Gasteiger partial charge on any atom is -0.262 e. The van der Waals surface area contributed by atoms with Crippen LogP contribution in [-0.4, -0.2) is 12.9 Å². The molecular formula is C7H11O+. The normalized spacial score (nSPS) is 17.5. The van der Waals surface area contributed by atoms with E-state index in [0.717, 1.165) is 13.0 Å². The van der Waals surface area contributed by atoms with E-state index in [2.05, 4.69) is 13.8 Å². The zero-order valence-electron chi connectivity index (χ0n) is 5.40. The number of carbonyl (C=O) groups excluding carboxylic acids is 1. The predicted octanol–water partition coefficient (Wildman–Crippen LogP) is 1.46. The first-order chi connectivity index (χ1) is 3.80. The van der Waals surface area contributed by atoms with Crippen molar-refractivity contribution < 1.29 is 4.42 Å². The van der Waals surface area contributed by atoms with Gasteiger partial charge in [0, 0.05) is 0 Å². The Kier molecular flexibility index (Phi) is 1.47. The average molecular weight is 111 g/mol. The minimum absolute atomic E-state index is 0.876. The van der Waals surface area contributed by atoms with Crippen molar-refractivity contribution in [3.63, 3.8) is 0 Å². The van der Waals surface area contributed by atoms with Crippen molar-refractivity contribution in [3.05, 3.63) is 11.1 Å². The molecule has 1 heterocycles. The molecule has 0 amide bonds. The van der Waals surface area contributed by atoms with E-state index in [4.69, 9.17) is 4.42 Å². The van der Waals surface area contributed by atoms with E-state index in [9.17, 15) is 0 Å². The van der Waals surface area contributed by atoms with E-state index < -0.39 is 0 Å². The van der Waals surface area contributed by atoms with E-state index >= 15 is 0 Å². The third-order valence-electron chi connectivity index (χ3n) is 1.36. The molecule has 1 nitrogen and oxygen atoms in total. The number of hydrogen-bond acceptors (Lipinski definition) is 0. The summed E-state index contributed by atoms with van der Waals surface area (Å²) >= 11 is 0. The second-order valence-electron chi connectivity index (χ2n) is 2.26. The summed E-state index contributed by atoms with van der Waals surface area (Å²) in [5.41, 5.74) is 2.74. The summed E-state index contributed by atoms with van der Waals surface area (Å²) in [5, 5.41) is 0. The van der Waals surface area contributed by atoms with E-state index in [0.29, 0.717) is 0 Å². The Labute approximate surface area is 49.7 Å². The van der Waals surface area contributed by atoms with Crippen molar-refractivity contribution >= 4 is 6.29 Å². The molecule has 1 aliphatic rings. The third-order valence-corrected chi connectivity index (χ3v) is 1.36. The molecule has 0 fully saturated rings. The molecule has 0 spiro atoms. The van der Waals surface area contributed by atoms with Gasteiger partial charge in [-0.15, -0.1) is 0 Å². The smallest absolute Gasteiger partial charge is 0.262 e. The van der Waals surface area contributed by atoms with E-state index in [1.165, 1.54) is 11.1 Å². The van der Waals surface area contributed by atoms with Crippen LogP contribution in [0, 0.1) is 0 Å². The van der Waals surface area contributed by atoms with Gasteiger partial charge in [0.05, 0.1) is 12.0 Å². The lowest BCUT2D eigenvalue weighted by Gasteiger charge is -1.84. The van der Waals surface area contributed by atoms with Gasteiger partial charge in [0.25, 0.3) is 6.61 Å². The van der Waals surface area contributed by atoms with E-state index in [1.54, 1.807) is 0 Å². The quantitative estimate of drug-likeness (QED) is 0.255. The van der Waals surface area contributed by atoms with Gasteiger partial charge in [-0.1, -0.05) is 5.57 Å². The fourth-order valence-electron chi connectivity index (χ4n) is 0.755. The topological polar surface area (TPSA) is 11.3 Å². The first-order valence-electron chi connectivity index (χ1n) is 2.92. The maximum Gasteiger partial charge on any atom is 0.311 e. The second kappa shape index (κ2) is 2.12. The lowest BCUT2D eigenvalue weighted by Crippen LogP contribution is -1.80. The molecule has 0 saturated carbocycles. The minimum atomic E-state index is 0.876. The zero-order chi connectivity index (χ0) is 5.98. The maximum atomic E-state index is 5.04. The van der Waals surface area contributed by atoms with Gasteiger partial charge in [0.1, 0.15) is 0 Å². The van der Waals surface area contributed by atoms with Gasteiger partial charge in [0.2, 0.25) is 0 Å². The van der Waals surface area contributed by atoms with E-state index in [-0.39, 0.29) is 0 Å².